The van der Waals surface area contributed by atoms with Crippen molar-refractivity contribution in [2.45, 2.75) is 39.2 Å². The standard InChI is InChI=1S/C14H23N3/c1-3-12-5-4-8-17(10-12)13-6-7-14(11(2)15)16-9-13/h6-7,9,11-12H,3-5,8,10,15H2,1-2H3/t11-,12?/m1/s1. The Morgan fingerprint density at radius 3 is 2.94 bits per heavy atom. The molecule has 1 aromatic heterocycles. The molecule has 94 valence electrons. The van der Waals surface area contributed by atoms with Gasteiger partial charge in [-0.05, 0) is 37.8 Å². The van der Waals surface area contributed by atoms with Crippen molar-refractivity contribution >= 4 is 5.69 Å². The number of rotatable bonds is 3. The summed E-state index contributed by atoms with van der Waals surface area (Å²) in [5.41, 5.74) is 8.02. The molecule has 2 N–H and O–H groups in total. The average molecular weight is 233 g/mol. The highest BCUT2D eigenvalue weighted by molar-refractivity contribution is 5.45. The molecule has 0 bridgehead atoms. The van der Waals surface area contributed by atoms with E-state index in [-0.39, 0.29) is 6.04 Å². The minimum Gasteiger partial charge on any atom is -0.370 e. The van der Waals surface area contributed by atoms with Gasteiger partial charge in [0.15, 0.2) is 0 Å². The number of nitrogens with two attached hydrogens (primary N) is 1. The molecule has 17 heavy (non-hydrogen) atoms. The van der Waals surface area contributed by atoms with Crippen molar-refractivity contribution in [3.05, 3.63) is 24.0 Å². The molecular formula is C14H23N3. The third-order valence-electron chi connectivity index (χ3n) is 3.70. The molecule has 1 aromatic rings. The largest absolute Gasteiger partial charge is 0.370 e. The molecule has 2 atom stereocenters. The van der Waals surface area contributed by atoms with E-state index >= 15 is 0 Å². The lowest BCUT2D eigenvalue weighted by atomic mass is 9.95. The normalized spacial score (nSPS) is 22.5. The summed E-state index contributed by atoms with van der Waals surface area (Å²) in [5, 5.41) is 0. The highest BCUT2D eigenvalue weighted by Gasteiger charge is 2.18. The third kappa shape index (κ3) is 2.97. The van der Waals surface area contributed by atoms with E-state index < -0.39 is 0 Å². The van der Waals surface area contributed by atoms with E-state index in [1.807, 2.05) is 13.1 Å². The fraction of sp³-hybridized carbons (Fsp3) is 0.643. The summed E-state index contributed by atoms with van der Waals surface area (Å²) >= 11 is 0. The van der Waals surface area contributed by atoms with Gasteiger partial charge in [0.1, 0.15) is 0 Å². The Hall–Kier alpha value is -1.09. The van der Waals surface area contributed by atoms with Gasteiger partial charge in [0.2, 0.25) is 0 Å². The summed E-state index contributed by atoms with van der Waals surface area (Å²) in [5.74, 6) is 0.844. The first-order chi connectivity index (χ1) is 8.20. The third-order valence-corrected chi connectivity index (χ3v) is 3.70. The predicted molar refractivity (Wildman–Crippen MR) is 72.1 cm³/mol. The van der Waals surface area contributed by atoms with E-state index in [4.69, 9.17) is 5.73 Å². The molecule has 3 heteroatoms. The fourth-order valence-electron chi connectivity index (χ4n) is 2.49. The molecule has 2 rings (SSSR count). The molecule has 0 radical (unpaired) electrons. The van der Waals surface area contributed by atoms with Crippen LogP contribution in [0.3, 0.4) is 0 Å². The Bertz CT molecular complexity index is 345. The van der Waals surface area contributed by atoms with Crippen LogP contribution in [0.25, 0.3) is 0 Å². The zero-order chi connectivity index (χ0) is 12.3. The number of nitrogens with zero attached hydrogens (tertiary/aromatic N) is 2. The van der Waals surface area contributed by atoms with Crippen molar-refractivity contribution < 1.29 is 0 Å². The lowest BCUT2D eigenvalue weighted by molar-refractivity contribution is 0.404. The van der Waals surface area contributed by atoms with Gasteiger partial charge in [-0.25, -0.2) is 0 Å². The van der Waals surface area contributed by atoms with Crippen LogP contribution in [0.5, 0.6) is 0 Å². The average Bonchev–Trinajstić information content (AvgIpc) is 2.39. The zero-order valence-electron chi connectivity index (χ0n) is 10.9. The van der Waals surface area contributed by atoms with Crippen molar-refractivity contribution in [2.75, 3.05) is 18.0 Å². The van der Waals surface area contributed by atoms with Crippen LogP contribution >= 0.6 is 0 Å². The van der Waals surface area contributed by atoms with Gasteiger partial charge in [-0.2, -0.15) is 0 Å². The van der Waals surface area contributed by atoms with Gasteiger partial charge in [0.05, 0.1) is 17.6 Å². The lowest BCUT2D eigenvalue weighted by Gasteiger charge is -2.33. The number of hydrogen-bond donors (Lipinski definition) is 1. The molecule has 1 saturated heterocycles. The second-order valence-electron chi connectivity index (χ2n) is 5.09. The summed E-state index contributed by atoms with van der Waals surface area (Å²) < 4.78 is 0. The van der Waals surface area contributed by atoms with Crippen LogP contribution in [0.1, 0.15) is 44.8 Å². The van der Waals surface area contributed by atoms with E-state index in [0.29, 0.717) is 0 Å². The number of piperidine rings is 1. The molecule has 1 unspecified atom stereocenters. The quantitative estimate of drug-likeness (QED) is 0.873. The summed E-state index contributed by atoms with van der Waals surface area (Å²) in [6.07, 6.45) is 5.92. The molecule has 3 nitrogen and oxygen atoms in total. The maximum atomic E-state index is 5.81. The van der Waals surface area contributed by atoms with Crippen LogP contribution in [0.15, 0.2) is 18.3 Å². The van der Waals surface area contributed by atoms with Gasteiger partial charge < -0.3 is 10.6 Å². The zero-order valence-corrected chi connectivity index (χ0v) is 10.9. The van der Waals surface area contributed by atoms with Crippen molar-refractivity contribution in [1.82, 2.24) is 4.98 Å². The van der Waals surface area contributed by atoms with Crippen LogP contribution in [-0.4, -0.2) is 18.1 Å². The number of pyridine rings is 1. The molecule has 1 fully saturated rings. The number of aromatic nitrogens is 1. The Balaban J connectivity index is 2.06. The van der Waals surface area contributed by atoms with Crippen molar-refractivity contribution in [3.63, 3.8) is 0 Å². The molecular weight excluding hydrogens is 210 g/mol. The molecule has 1 aliphatic rings. The monoisotopic (exact) mass is 233 g/mol. The smallest absolute Gasteiger partial charge is 0.0569 e. The second kappa shape index (κ2) is 5.50. The van der Waals surface area contributed by atoms with Crippen LogP contribution in [0.2, 0.25) is 0 Å². The highest BCUT2D eigenvalue weighted by Crippen LogP contribution is 2.24. The van der Waals surface area contributed by atoms with Gasteiger partial charge in [0.25, 0.3) is 0 Å². The highest BCUT2D eigenvalue weighted by atomic mass is 15.1. The molecule has 0 aliphatic carbocycles. The maximum Gasteiger partial charge on any atom is 0.0569 e. The molecule has 0 spiro atoms. The van der Waals surface area contributed by atoms with E-state index in [1.165, 1.54) is 31.5 Å². The van der Waals surface area contributed by atoms with E-state index in [1.54, 1.807) is 0 Å². The Morgan fingerprint density at radius 2 is 2.35 bits per heavy atom. The van der Waals surface area contributed by atoms with E-state index in [2.05, 4.69) is 28.9 Å². The Kier molecular flexibility index (Phi) is 4.00. The van der Waals surface area contributed by atoms with Gasteiger partial charge in [-0.3, -0.25) is 4.98 Å². The van der Waals surface area contributed by atoms with Crippen LogP contribution in [0.4, 0.5) is 5.69 Å². The Labute approximate surface area is 104 Å². The summed E-state index contributed by atoms with van der Waals surface area (Å²) in [6.45, 7) is 6.59. The van der Waals surface area contributed by atoms with Crippen molar-refractivity contribution in [2.24, 2.45) is 11.7 Å². The molecule has 1 aliphatic heterocycles. The first kappa shape index (κ1) is 12.4. The summed E-state index contributed by atoms with van der Waals surface area (Å²) in [4.78, 5) is 6.89. The van der Waals surface area contributed by atoms with Crippen molar-refractivity contribution in [3.8, 4) is 0 Å². The SMILES string of the molecule is CCC1CCCN(c2ccc([C@@H](C)N)nc2)C1. The molecule has 2 heterocycles. The van der Waals surface area contributed by atoms with Crippen molar-refractivity contribution in [1.29, 1.82) is 0 Å². The lowest BCUT2D eigenvalue weighted by Crippen LogP contribution is -2.35. The molecule has 0 saturated carbocycles. The summed E-state index contributed by atoms with van der Waals surface area (Å²) in [6, 6.07) is 4.23. The van der Waals surface area contributed by atoms with Crippen LogP contribution < -0.4 is 10.6 Å². The van der Waals surface area contributed by atoms with Crippen LogP contribution in [-0.2, 0) is 0 Å². The maximum absolute atomic E-state index is 5.81. The number of anilines is 1. The van der Waals surface area contributed by atoms with Gasteiger partial charge >= 0.3 is 0 Å². The van der Waals surface area contributed by atoms with E-state index in [9.17, 15) is 0 Å². The number of hydrogen-bond acceptors (Lipinski definition) is 3. The van der Waals surface area contributed by atoms with E-state index in [0.717, 1.165) is 18.2 Å². The summed E-state index contributed by atoms with van der Waals surface area (Å²) in [7, 11) is 0. The minimum atomic E-state index is 0.0220. The topological polar surface area (TPSA) is 42.1 Å². The van der Waals surface area contributed by atoms with Gasteiger partial charge in [0, 0.05) is 19.1 Å². The van der Waals surface area contributed by atoms with Crippen LogP contribution in [0, 0.1) is 5.92 Å². The fourth-order valence-corrected chi connectivity index (χ4v) is 2.49. The Morgan fingerprint density at radius 1 is 1.53 bits per heavy atom. The van der Waals surface area contributed by atoms with Gasteiger partial charge in [-0.15, -0.1) is 0 Å². The van der Waals surface area contributed by atoms with Gasteiger partial charge in [-0.1, -0.05) is 13.3 Å². The minimum absolute atomic E-state index is 0.0220. The first-order valence-corrected chi connectivity index (χ1v) is 6.67. The first-order valence-electron chi connectivity index (χ1n) is 6.67. The molecule has 0 aromatic carbocycles. The second-order valence-corrected chi connectivity index (χ2v) is 5.09. The predicted octanol–water partition coefficient (Wildman–Crippen LogP) is 2.73. The molecule has 0 amide bonds.